The summed E-state index contributed by atoms with van der Waals surface area (Å²) in [5, 5.41) is 10.3. The molecule has 0 aromatic carbocycles. The number of nitrogens with one attached hydrogen (secondary N) is 1. The Kier molecular flexibility index (Phi) is 2.98. The molecule has 0 spiro atoms. The maximum absolute atomic E-state index is 10.3. The molecule has 0 heterocycles. The molecule has 0 aliphatic rings. The number of terminal acetylenes is 1. The standard InChI is InChI=1S/C6H7NO3/c1-3-5(8)7-4(2)6(9)10/h1,4H,2H3,(H,7,8)(H,9,10)/t4-/m0/s1. The Hall–Kier alpha value is -1.50. The van der Waals surface area contributed by atoms with E-state index in [1.165, 1.54) is 6.92 Å². The van der Waals surface area contributed by atoms with Crippen LogP contribution in [-0.4, -0.2) is 23.0 Å². The average Bonchev–Trinajstić information content (AvgIpc) is 1.87. The predicted octanol–water partition coefficient (Wildman–Crippen LogP) is -0.791. The van der Waals surface area contributed by atoms with Crippen molar-refractivity contribution in [2.75, 3.05) is 0 Å². The van der Waals surface area contributed by atoms with Gasteiger partial charge < -0.3 is 10.4 Å². The lowest BCUT2D eigenvalue weighted by Crippen LogP contribution is -2.37. The van der Waals surface area contributed by atoms with Crippen molar-refractivity contribution in [2.45, 2.75) is 13.0 Å². The molecular formula is C6H7NO3. The van der Waals surface area contributed by atoms with Gasteiger partial charge in [-0.3, -0.25) is 9.59 Å². The van der Waals surface area contributed by atoms with Crippen LogP contribution in [0, 0.1) is 12.3 Å². The van der Waals surface area contributed by atoms with Crippen molar-refractivity contribution in [1.82, 2.24) is 5.32 Å². The molecule has 0 aromatic rings. The normalized spacial score (nSPS) is 11.2. The average molecular weight is 141 g/mol. The summed E-state index contributed by atoms with van der Waals surface area (Å²) >= 11 is 0. The smallest absolute Gasteiger partial charge is 0.325 e. The van der Waals surface area contributed by atoms with Gasteiger partial charge in [-0.05, 0) is 12.8 Å². The first-order valence-electron chi connectivity index (χ1n) is 2.58. The Bertz CT molecular complexity index is 192. The van der Waals surface area contributed by atoms with Crippen LogP contribution in [-0.2, 0) is 9.59 Å². The summed E-state index contributed by atoms with van der Waals surface area (Å²) in [5.41, 5.74) is 0. The fraction of sp³-hybridized carbons (Fsp3) is 0.333. The SMILES string of the molecule is C#CC(=O)N[C@@H](C)C(=O)O. The van der Waals surface area contributed by atoms with Crippen molar-refractivity contribution in [1.29, 1.82) is 0 Å². The van der Waals surface area contributed by atoms with E-state index in [-0.39, 0.29) is 0 Å². The fourth-order valence-corrected chi connectivity index (χ4v) is 0.300. The van der Waals surface area contributed by atoms with Crippen LogP contribution in [0.3, 0.4) is 0 Å². The number of carboxylic acids is 1. The third-order valence-corrected chi connectivity index (χ3v) is 0.849. The van der Waals surface area contributed by atoms with E-state index in [0.29, 0.717) is 0 Å². The summed E-state index contributed by atoms with van der Waals surface area (Å²) in [6.45, 7) is 1.33. The Balaban J connectivity index is 3.82. The van der Waals surface area contributed by atoms with Gasteiger partial charge in [-0.2, -0.15) is 0 Å². The molecule has 0 saturated carbocycles. The second kappa shape index (κ2) is 3.51. The molecule has 1 atom stereocenters. The van der Waals surface area contributed by atoms with Crippen LogP contribution in [0.1, 0.15) is 6.92 Å². The third-order valence-electron chi connectivity index (χ3n) is 0.849. The molecular weight excluding hydrogens is 134 g/mol. The number of hydrogen-bond donors (Lipinski definition) is 2. The maximum Gasteiger partial charge on any atom is 0.325 e. The van der Waals surface area contributed by atoms with Crippen molar-refractivity contribution < 1.29 is 14.7 Å². The first-order valence-corrected chi connectivity index (χ1v) is 2.58. The summed E-state index contributed by atoms with van der Waals surface area (Å²) in [7, 11) is 0. The first kappa shape index (κ1) is 8.50. The van der Waals surface area contributed by atoms with E-state index in [9.17, 15) is 9.59 Å². The van der Waals surface area contributed by atoms with Gasteiger partial charge in [-0.15, -0.1) is 6.42 Å². The minimum atomic E-state index is -1.11. The van der Waals surface area contributed by atoms with E-state index < -0.39 is 17.9 Å². The highest BCUT2D eigenvalue weighted by molar-refractivity contribution is 5.95. The molecule has 4 heteroatoms. The number of hydrogen-bond acceptors (Lipinski definition) is 2. The Morgan fingerprint density at radius 3 is 2.50 bits per heavy atom. The van der Waals surface area contributed by atoms with Gasteiger partial charge in [0.2, 0.25) is 0 Å². The molecule has 2 N–H and O–H groups in total. The zero-order valence-electron chi connectivity index (χ0n) is 5.42. The molecule has 0 unspecified atom stereocenters. The van der Waals surface area contributed by atoms with Crippen molar-refractivity contribution in [3.8, 4) is 12.3 Å². The van der Waals surface area contributed by atoms with E-state index in [0.717, 1.165) is 0 Å². The molecule has 4 nitrogen and oxygen atoms in total. The quantitative estimate of drug-likeness (QED) is 0.495. The summed E-state index contributed by atoms with van der Waals surface area (Å²) in [6, 6.07) is -0.927. The van der Waals surface area contributed by atoms with E-state index in [4.69, 9.17) is 5.11 Å². The molecule has 1 amide bonds. The second-order valence-corrected chi connectivity index (χ2v) is 1.68. The number of carbonyl (C=O) groups is 2. The third kappa shape index (κ3) is 2.72. The summed E-state index contributed by atoms with van der Waals surface area (Å²) in [5.74, 6) is -0.0835. The van der Waals surface area contributed by atoms with Gasteiger partial charge in [0.1, 0.15) is 6.04 Å². The number of carboxylic acid groups (broad SMARTS) is 1. The zero-order chi connectivity index (χ0) is 8.15. The molecule has 0 radical (unpaired) electrons. The van der Waals surface area contributed by atoms with Gasteiger partial charge in [-0.1, -0.05) is 0 Å². The molecule has 0 aromatic heterocycles. The van der Waals surface area contributed by atoms with E-state index >= 15 is 0 Å². The fourth-order valence-electron chi connectivity index (χ4n) is 0.300. The van der Waals surface area contributed by atoms with Crippen molar-refractivity contribution in [3.05, 3.63) is 0 Å². The minimum absolute atomic E-state index is 0.713. The molecule has 0 aliphatic carbocycles. The molecule has 10 heavy (non-hydrogen) atoms. The van der Waals surface area contributed by atoms with Gasteiger partial charge in [0.05, 0.1) is 0 Å². The highest BCUT2D eigenvalue weighted by atomic mass is 16.4. The Morgan fingerprint density at radius 1 is 1.70 bits per heavy atom. The van der Waals surface area contributed by atoms with Crippen LogP contribution in [0.25, 0.3) is 0 Å². The van der Waals surface area contributed by atoms with E-state index in [1.807, 2.05) is 0 Å². The lowest BCUT2D eigenvalue weighted by molar-refractivity contribution is -0.140. The topological polar surface area (TPSA) is 66.4 Å². The number of carbonyl (C=O) groups excluding carboxylic acids is 1. The highest BCUT2D eigenvalue weighted by Crippen LogP contribution is 1.78. The van der Waals surface area contributed by atoms with Crippen LogP contribution in [0.15, 0.2) is 0 Å². The summed E-state index contributed by atoms with van der Waals surface area (Å²) in [6.07, 6.45) is 4.67. The van der Waals surface area contributed by atoms with Crippen LogP contribution in [0.2, 0.25) is 0 Å². The largest absolute Gasteiger partial charge is 0.480 e. The number of rotatable bonds is 2. The molecule has 0 aliphatic heterocycles. The van der Waals surface area contributed by atoms with Gasteiger partial charge in [0.15, 0.2) is 0 Å². The molecule has 54 valence electrons. The molecule has 0 fully saturated rings. The van der Waals surface area contributed by atoms with Crippen LogP contribution < -0.4 is 5.32 Å². The first-order chi connectivity index (χ1) is 4.57. The number of aliphatic carboxylic acids is 1. The van der Waals surface area contributed by atoms with Crippen LogP contribution in [0.4, 0.5) is 0 Å². The zero-order valence-corrected chi connectivity index (χ0v) is 5.42. The lowest BCUT2D eigenvalue weighted by Gasteiger charge is -2.03. The minimum Gasteiger partial charge on any atom is -0.480 e. The van der Waals surface area contributed by atoms with Gasteiger partial charge in [-0.25, -0.2) is 0 Å². The van der Waals surface area contributed by atoms with Crippen LogP contribution >= 0.6 is 0 Å². The highest BCUT2D eigenvalue weighted by Gasteiger charge is 2.11. The Morgan fingerprint density at radius 2 is 2.20 bits per heavy atom. The Labute approximate surface area is 58.2 Å². The maximum atomic E-state index is 10.3. The molecule has 0 rings (SSSR count). The second-order valence-electron chi connectivity index (χ2n) is 1.68. The summed E-state index contributed by atoms with van der Waals surface area (Å²) < 4.78 is 0. The molecule has 0 bridgehead atoms. The van der Waals surface area contributed by atoms with Crippen molar-refractivity contribution in [3.63, 3.8) is 0 Å². The molecule has 0 saturated heterocycles. The van der Waals surface area contributed by atoms with E-state index in [2.05, 4.69) is 11.7 Å². The van der Waals surface area contributed by atoms with E-state index in [1.54, 1.807) is 5.92 Å². The summed E-state index contributed by atoms with van der Waals surface area (Å²) in [4.78, 5) is 20.4. The van der Waals surface area contributed by atoms with Gasteiger partial charge in [0, 0.05) is 0 Å². The van der Waals surface area contributed by atoms with Crippen molar-refractivity contribution >= 4 is 11.9 Å². The lowest BCUT2D eigenvalue weighted by atomic mass is 10.3. The van der Waals surface area contributed by atoms with Gasteiger partial charge in [0.25, 0.3) is 5.91 Å². The van der Waals surface area contributed by atoms with Gasteiger partial charge >= 0.3 is 5.97 Å². The number of amides is 1. The van der Waals surface area contributed by atoms with Crippen molar-refractivity contribution in [2.24, 2.45) is 0 Å². The predicted molar refractivity (Wildman–Crippen MR) is 34.1 cm³/mol. The van der Waals surface area contributed by atoms with Crippen LogP contribution in [0.5, 0.6) is 0 Å². The monoisotopic (exact) mass is 141 g/mol.